The number of ether oxygens (including phenoxy) is 1. The van der Waals surface area contributed by atoms with E-state index in [1.807, 2.05) is 27.7 Å². The minimum atomic E-state index is -0.369. The van der Waals surface area contributed by atoms with Gasteiger partial charge in [0.2, 0.25) is 0 Å². The van der Waals surface area contributed by atoms with Gasteiger partial charge in [-0.1, -0.05) is 0 Å². The standard InChI is InChI=1S/C11H20O3.Sn/c1-6-9(14-5)8(12)7-10(13)11(2,3)4;/h7,9,12H,6H2,1-5H3;/q;+1/p-1. The fourth-order valence-corrected chi connectivity index (χ4v) is 1.56. The fraction of sp³-hybridized carbons (Fsp3) is 0.727. The van der Waals surface area contributed by atoms with Crippen LogP contribution >= 0.6 is 0 Å². The van der Waals surface area contributed by atoms with Crippen LogP contribution in [0.25, 0.3) is 0 Å². The molecule has 1 unspecified atom stereocenters. The van der Waals surface area contributed by atoms with Gasteiger partial charge in [0.25, 0.3) is 0 Å². The number of hydrogen-bond donors (Lipinski definition) is 0. The van der Waals surface area contributed by atoms with E-state index < -0.39 is 0 Å². The third-order valence-electron chi connectivity index (χ3n) is 2.10. The molecule has 0 aromatic carbocycles. The first-order chi connectivity index (χ1) is 6.86. The minimum absolute atomic E-state index is 0.0652. The Kier molecular flexibility index (Phi) is 6.52. The SMILES string of the molecule is CCC(OC)C(=CC(=O)C(C)(C)C)[O][Sn]. The monoisotopic (exact) mass is 319 g/mol. The molecule has 3 radical (unpaired) electrons. The predicted molar refractivity (Wildman–Crippen MR) is 60.5 cm³/mol. The van der Waals surface area contributed by atoms with Crippen molar-refractivity contribution in [1.82, 2.24) is 0 Å². The van der Waals surface area contributed by atoms with Crippen LogP contribution < -0.4 is 0 Å². The summed E-state index contributed by atoms with van der Waals surface area (Å²) in [5, 5.41) is 0. The van der Waals surface area contributed by atoms with Crippen LogP contribution in [0.5, 0.6) is 0 Å². The van der Waals surface area contributed by atoms with Crippen LogP contribution in [0.4, 0.5) is 0 Å². The molecule has 0 aliphatic rings. The summed E-state index contributed by atoms with van der Waals surface area (Å²) < 4.78 is 10.5. The van der Waals surface area contributed by atoms with Gasteiger partial charge in [0, 0.05) is 0 Å². The van der Waals surface area contributed by atoms with E-state index in [4.69, 9.17) is 7.81 Å². The second-order valence-electron chi connectivity index (χ2n) is 4.40. The van der Waals surface area contributed by atoms with E-state index in [0.29, 0.717) is 5.76 Å². The van der Waals surface area contributed by atoms with Gasteiger partial charge in [0.1, 0.15) is 0 Å². The van der Waals surface area contributed by atoms with Crippen molar-refractivity contribution < 1.29 is 12.6 Å². The van der Waals surface area contributed by atoms with Gasteiger partial charge in [0.15, 0.2) is 0 Å². The van der Waals surface area contributed by atoms with E-state index in [0.717, 1.165) is 29.4 Å². The molecule has 0 saturated carbocycles. The van der Waals surface area contributed by atoms with E-state index in [9.17, 15) is 4.79 Å². The quantitative estimate of drug-likeness (QED) is 0.442. The van der Waals surface area contributed by atoms with Crippen molar-refractivity contribution in [2.24, 2.45) is 5.41 Å². The molecule has 0 bridgehead atoms. The third-order valence-corrected chi connectivity index (χ3v) is 2.78. The van der Waals surface area contributed by atoms with E-state index in [1.165, 1.54) is 0 Å². The molecule has 0 aliphatic carbocycles. The number of rotatable bonds is 5. The Labute approximate surface area is 106 Å². The zero-order valence-corrected chi connectivity index (χ0v) is 12.9. The number of allylic oxidation sites excluding steroid dienone is 1. The third kappa shape index (κ3) is 5.02. The maximum absolute atomic E-state index is 11.8. The first-order valence-corrected chi connectivity index (χ1v) is 6.15. The van der Waals surface area contributed by atoms with Crippen molar-refractivity contribution in [2.75, 3.05) is 7.11 Å². The normalized spacial score (nSPS) is 14.9. The molecule has 0 aliphatic heterocycles. The number of carbonyl (C=O) groups is 1. The Balaban J connectivity index is 4.80. The average Bonchev–Trinajstić information content (AvgIpc) is 2.16. The predicted octanol–water partition coefficient (Wildman–Crippen LogP) is 2.01. The second kappa shape index (κ2) is 6.53. The maximum atomic E-state index is 11.8. The Morgan fingerprint density at radius 3 is 2.27 bits per heavy atom. The first-order valence-electron chi connectivity index (χ1n) is 4.99. The Morgan fingerprint density at radius 2 is 2.00 bits per heavy atom. The molecule has 3 nitrogen and oxygen atoms in total. The first kappa shape index (κ1) is 15.0. The fourth-order valence-electron chi connectivity index (χ4n) is 1.02. The Morgan fingerprint density at radius 1 is 1.47 bits per heavy atom. The van der Waals surface area contributed by atoms with Crippen LogP contribution in [0.2, 0.25) is 0 Å². The van der Waals surface area contributed by atoms with Crippen LogP contribution in [-0.4, -0.2) is 41.9 Å². The molecular formula is C11H19O3Sn. The van der Waals surface area contributed by atoms with Crippen molar-refractivity contribution in [3.05, 3.63) is 11.8 Å². The molecule has 85 valence electrons. The summed E-state index contributed by atoms with van der Waals surface area (Å²) in [6.07, 6.45) is 2.25. The molecule has 0 heterocycles. The molecule has 0 amide bonds. The van der Waals surface area contributed by atoms with Crippen molar-refractivity contribution in [3.63, 3.8) is 0 Å². The molecule has 0 aromatic rings. The molecule has 1 atom stereocenters. The van der Waals surface area contributed by atoms with Crippen molar-refractivity contribution in [3.8, 4) is 0 Å². The molecule has 15 heavy (non-hydrogen) atoms. The van der Waals surface area contributed by atoms with Gasteiger partial charge >= 0.3 is 106 Å². The van der Waals surface area contributed by atoms with E-state index >= 15 is 0 Å². The van der Waals surface area contributed by atoms with Crippen molar-refractivity contribution in [1.29, 1.82) is 0 Å². The summed E-state index contributed by atoms with van der Waals surface area (Å²) in [5.74, 6) is 0.702. The molecule has 4 heteroatoms. The number of methoxy groups -OCH3 is 1. The van der Waals surface area contributed by atoms with Crippen LogP contribution in [0.15, 0.2) is 11.8 Å². The molecule has 0 spiro atoms. The summed E-state index contributed by atoms with van der Waals surface area (Å²) in [4.78, 5) is 11.8. The van der Waals surface area contributed by atoms with E-state index in [2.05, 4.69) is 0 Å². The topological polar surface area (TPSA) is 35.5 Å². The molecule has 0 saturated heterocycles. The summed E-state index contributed by atoms with van der Waals surface area (Å²) >= 11 is 0.919. The van der Waals surface area contributed by atoms with E-state index in [-0.39, 0.29) is 17.3 Å². The van der Waals surface area contributed by atoms with Crippen LogP contribution in [-0.2, 0) is 12.6 Å². The van der Waals surface area contributed by atoms with Crippen LogP contribution in [0.3, 0.4) is 0 Å². The average molecular weight is 318 g/mol. The molecule has 0 aromatic heterocycles. The van der Waals surface area contributed by atoms with Gasteiger partial charge in [-0.15, -0.1) is 0 Å². The van der Waals surface area contributed by atoms with Gasteiger partial charge in [-0.05, 0) is 0 Å². The van der Waals surface area contributed by atoms with Gasteiger partial charge < -0.3 is 0 Å². The second-order valence-corrected chi connectivity index (χ2v) is 4.98. The van der Waals surface area contributed by atoms with Crippen molar-refractivity contribution in [2.45, 2.75) is 40.2 Å². The number of hydrogen-bond acceptors (Lipinski definition) is 3. The van der Waals surface area contributed by atoms with Gasteiger partial charge in [-0.3, -0.25) is 0 Å². The van der Waals surface area contributed by atoms with Gasteiger partial charge in [-0.2, -0.15) is 0 Å². The molecule has 0 fully saturated rings. The summed E-state index contributed by atoms with van der Waals surface area (Å²) in [6, 6.07) is 0. The van der Waals surface area contributed by atoms with Gasteiger partial charge in [-0.25, -0.2) is 0 Å². The number of ketones is 1. The van der Waals surface area contributed by atoms with Crippen LogP contribution in [0.1, 0.15) is 34.1 Å². The zero-order valence-electron chi connectivity index (χ0n) is 10.1. The zero-order chi connectivity index (χ0) is 12.1. The van der Waals surface area contributed by atoms with Crippen molar-refractivity contribution >= 4 is 28.7 Å². The molecule has 0 rings (SSSR count). The molecule has 0 N–H and O–H groups in total. The summed E-state index contributed by atoms with van der Waals surface area (Å²) in [5.41, 5.74) is -0.369. The van der Waals surface area contributed by atoms with Gasteiger partial charge in [0.05, 0.1) is 0 Å². The Hall–Kier alpha value is -0.0313. The number of carbonyl (C=O) groups excluding carboxylic acids is 1. The van der Waals surface area contributed by atoms with Crippen LogP contribution in [0, 0.1) is 5.41 Å². The van der Waals surface area contributed by atoms with E-state index in [1.54, 1.807) is 13.2 Å². The Bertz CT molecular complexity index is 237. The summed E-state index contributed by atoms with van der Waals surface area (Å²) in [7, 11) is 1.62. The molecular weight excluding hydrogens is 299 g/mol. The summed E-state index contributed by atoms with van der Waals surface area (Å²) in [6.45, 7) is 7.67.